The highest BCUT2D eigenvalue weighted by Crippen LogP contribution is 2.41. The van der Waals surface area contributed by atoms with E-state index >= 15 is 0 Å². The van der Waals surface area contributed by atoms with Crippen LogP contribution in [0, 0.1) is 11.2 Å². The summed E-state index contributed by atoms with van der Waals surface area (Å²) in [6.45, 7) is 4.95. The van der Waals surface area contributed by atoms with Gasteiger partial charge in [0.25, 0.3) is 0 Å². The van der Waals surface area contributed by atoms with Gasteiger partial charge in [0.2, 0.25) is 0 Å². The average molecular weight is 374 g/mol. The van der Waals surface area contributed by atoms with Crippen LogP contribution in [0.5, 0.6) is 0 Å². The molecular weight excluding hydrogens is 352 g/mol. The molecule has 0 radical (unpaired) electrons. The summed E-state index contributed by atoms with van der Waals surface area (Å²) in [6.07, 6.45) is -3.11. The number of carbonyl (C=O) groups is 1. The van der Waals surface area contributed by atoms with Gasteiger partial charge in [-0.2, -0.15) is 13.2 Å². The number of likely N-dealkylation sites (tertiary alicyclic amines) is 2. The van der Waals surface area contributed by atoms with Crippen molar-refractivity contribution < 1.29 is 27.1 Å². The second kappa shape index (κ2) is 7.06. The fraction of sp³-hybridized carbons (Fsp3) is 0.611. The minimum absolute atomic E-state index is 0.0395. The maximum atomic E-state index is 13.2. The van der Waals surface area contributed by atoms with Crippen LogP contribution in [-0.2, 0) is 17.5 Å². The molecule has 0 unspecified atom stereocenters. The average Bonchev–Trinajstić information content (AvgIpc) is 2.48. The van der Waals surface area contributed by atoms with Gasteiger partial charge in [0, 0.05) is 38.1 Å². The maximum Gasteiger partial charge on any atom is 0.416 e. The number of halogens is 4. The molecule has 1 amide bonds. The van der Waals surface area contributed by atoms with Crippen molar-refractivity contribution in [1.29, 1.82) is 0 Å². The van der Waals surface area contributed by atoms with Gasteiger partial charge in [-0.3, -0.25) is 4.90 Å². The van der Waals surface area contributed by atoms with Crippen molar-refractivity contribution in [3.63, 3.8) is 0 Å². The molecule has 0 N–H and O–H groups in total. The van der Waals surface area contributed by atoms with E-state index in [1.165, 1.54) is 6.07 Å². The lowest BCUT2D eigenvalue weighted by molar-refractivity contribution is -0.140. The van der Waals surface area contributed by atoms with Gasteiger partial charge < -0.3 is 9.64 Å². The number of nitrogens with zero attached hydrogens (tertiary/aromatic N) is 2. The summed E-state index contributed by atoms with van der Waals surface area (Å²) >= 11 is 0. The van der Waals surface area contributed by atoms with Gasteiger partial charge >= 0.3 is 12.3 Å². The summed E-state index contributed by atoms with van der Waals surface area (Å²) in [6, 6.07) is 2.79. The van der Waals surface area contributed by atoms with Gasteiger partial charge in [-0.1, -0.05) is 19.4 Å². The van der Waals surface area contributed by atoms with Crippen molar-refractivity contribution in [2.24, 2.45) is 5.41 Å². The predicted octanol–water partition coefficient (Wildman–Crippen LogP) is 3.90. The van der Waals surface area contributed by atoms with Gasteiger partial charge in [-0.15, -0.1) is 0 Å². The summed E-state index contributed by atoms with van der Waals surface area (Å²) in [5.41, 5.74) is -0.889. The lowest BCUT2D eigenvalue weighted by Gasteiger charge is -2.59. The van der Waals surface area contributed by atoms with E-state index in [4.69, 9.17) is 4.74 Å². The van der Waals surface area contributed by atoms with Crippen molar-refractivity contribution >= 4 is 6.09 Å². The monoisotopic (exact) mass is 374 g/mol. The minimum atomic E-state index is -4.57. The van der Waals surface area contributed by atoms with Crippen molar-refractivity contribution in [3.8, 4) is 0 Å². The Bertz CT molecular complexity index is 664. The minimum Gasteiger partial charge on any atom is -0.449 e. The number of carbonyl (C=O) groups excluding carboxylic acids is 1. The van der Waals surface area contributed by atoms with Crippen molar-refractivity contribution in [1.82, 2.24) is 9.80 Å². The fourth-order valence-electron chi connectivity index (χ4n) is 3.69. The van der Waals surface area contributed by atoms with Crippen LogP contribution < -0.4 is 0 Å². The smallest absolute Gasteiger partial charge is 0.416 e. The van der Waals surface area contributed by atoms with E-state index in [0.29, 0.717) is 38.9 Å². The molecule has 0 aromatic heterocycles. The predicted molar refractivity (Wildman–Crippen MR) is 86.9 cm³/mol. The Kier molecular flexibility index (Phi) is 5.14. The Balaban J connectivity index is 1.49. The molecule has 1 aromatic carbocycles. The Hall–Kier alpha value is -1.83. The zero-order valence-corrected chi connectivity index (χ0v) is 14.6. The first-order valence-corrected chi connectivity index (χ1v) is 8.72. The van der Waals surface area contributed by atoms with Crippen LogP contribution in [0.1, 0.15) is 30.9 Å². The number of hydrogen-bond donors (Lipinski definition) is 0. The highest BCUT2D eigenvalue weighted by atomic mass is 19.4. The van der Waals surface area contributed by atoms with Gasteiger partial charge in [-0.25, -0.2) is 9.18 Å². The molecule has 0 bridgehead atoms. The first-order valence-electron chi connectivity index (χ1n) is 8.72. The van der Waals surface area contributed by atoms with E-state index in [9.17, 15) is 22.4 Å². The van der Waals surface area contributed by atoms with Crippen LogP contribution in [0.25, 0.3) is 0 Å². The number of amides is 1. The number of alkyl halides is 3. The molecule has 2 aliphatic rings. The van der Waals surface area contributed by atoms with Crippen LogP contribution in [-0.4, -0.2) is 48.7 Å². The molecule has 0 atom stereocenters. The van der Waals surface area contributed by atoms with Crippen molar-refractivity contribution in [2.75, 3.05) is 32.8 Å². The normalized spacial score (nSPS) is 19.2. The highest BCUT2D eigenvalue weighted by Gasteiger charge is 2.53. The van der Waals surface area contributed by atoms with Gasteiger partial charge in [0.05, 0.1) is 12.2 Å². The Morgan fingerprint density at radius 3 is 2.54 bits per heavy atom. The quantitative estimate of drug-likeness (QED) is 0.579. The summed E-state index contributed by atoms with van der Waals surface area (Å²) in [4.78, 5) is 15.3. The molecule has 144 valence electrons. The number of rotatable bonds is 5. The van der Waals surface area contributed by atoms with Crippen LogP contribution >= 0.6 is 0 Å². The number of unbranched alkanes of at least 4 members (excludes halogenated alkanes) is 1. The van der Waals surface area contributed by atoms with Crippen molar-refractivity contribution in [3.05, 3.63) is 35.1 Å². The van der Waals surface area contributed by atoms with Gasteiger partial charge in [-0.05, 0) is 24.1 Å². The molecule has 2 fully saturated rings. The third-order valence-corrected chi connectivity index (χ3v) is 4.92. The Labute approximate surface area is 149 Å². The van der Waals surface area contributed by atoms with Gasteiger partial charge in [0.1, 0.15) is 5.82 Å². The highest BCUT2D eigenvalue weighted by molar-refractivity contribution is 5.69. The zero-order chi connectivity index (χ0) is 18.9. The van der Waals surface area contributed by atoms with Crippen LogP contribution in [0.2, 0.25) is 0 Å². The second-order valence-corrected chi connectivity index (χ2v) is 7.27. The van der Waals surface area contributed by atoms with E-state index in [0.717, 1.165) is 18.9 Å². The Morgan fingerprint density at radius 1 is 1.23 bits per heavy atom. The van der Waals surface area contributed by atoms with Gasteiger partial charge in [0.15, 0.2) is 0 Å². The molecule has 1 spiro atoms. The zero-order valence-electron chi connectivity index (χ0n) is 14.6. The van der Waals surface area contributed by atoms with E-state index in [2.05, 4.69) is 0 Å². The van der Waals surface area contributed by atoms with E-state index in [1.807, 2.05) is 11.8 Å². The van der Waals surface area contributed by atoms with Crippen LogP contribution in [0.4, 0.5) is 22.4 Å². The molecular formula is C18H22F4N2O2. The van der Waals surface area contributed by atoms with Crippen LogP contribution in [0.15, 0.2) is 18.2 Å². The van der Waals surface area contributed by atoms with E-state index in [1.54, 1.807) is 4.90 Å². The molecule has 26 heavy (non-hydrogen) atoms. The number of benzene rings is 1. The Morgan fingerprint density at radius 2 is 1.92 bits per heavy atom. The first kappa shape index (κ1) is 18.9. The number of ether oxygens (including phenoxy) is 1. The van der Waals surface area contributed by atoms with Crippen molar-refractivity contribution in [2.45, 2.75) is 32.5 Å². The molecule has 0 aliphatic carbocycles. The molecule has 2 aliphatic heterocycles. The third-order valence-electron chi connectivity index (χ3n) is 4.92. The molecule has 1 aromatic rings. The van der Waals surface area contributed by atoms with E-state index in [-0.39, 0.29) is 23.6 Å². The molecule has 4 nitrogen and oxygen atoms in total. The molecule has 2 heterocycles. The fourth-order valence-corrected chi connectivity index (χ4v) is 3.69. The maximum absolute atomic E-state index is 13.2. The summed E-state index contributed by atoms with van der Waals surface area (Å²) in [7, 11) is 0. The molecule has 2 saturated heterocycles. The third kappa shape index (κ3) is 3.95. The largest absolute Gasteiger partial charge is 0.449 e. The summed E-state index contributed by atoms with van der Waals surface area (Å²) in [5, 5.41) is 0. The summed E-state index contributed by atoms with van der Waals surface area (Å²) < 4.78 is 57.5. The lowest BCUT2D eigenvalue weighted by Crippen LogP contribution is -2.72. The standard InChI is InChI=1S/C18H22F4N2O2/c1-2-3-6-26-16(25)24-11-17(12-24)9-23(10-17)8-13-4-5-14(19)7-15(13)18(20,21)22/h4-5,7H,2-3,6,8-12H2,1H3. The lowest BCUT2D eigenvalue weighted by atomic mass is 9.73. The summed E-state index contributed by atoms with van der Waals surface area (Å²) in [5.74, 6) is -0.891. The molecule has 8 heteroatoms. The number of hydrogen-bond acceptors (Lipinski definition) is 3. The topological polar surface area (TPSA) is 32.8 Å². The molecule has 3 rings (SSSR count). The second-order valence-electron chi connectivity index (χ2n) is 7.27. The first-order chi connectivity index (χ1) is 12.2. The van der Waals surface area contributed by atoms with Crippen LogP contribution in [0.3, 0.4) is 0 Å². The molecule has 0 saturated carbocycles. The SMILES string of the molecule is CCCCOC(=O)N1CC2(CN(Cc3ccc(F)cc3C(F)(F)F)C2)C1. The van der Waals surface area contributed by atoms with E-state index < -0.39 is 17.6 Å².